The normalized spacial score (nSPS) is 28.1. The minimum Gasteiger partial charge on any atom is -0.481 e. The molecule has 1 saturated carbocycles. The fourth-order valence-corrected chi connectivity index (χ4v) is 3.97. The van der Waals surface area contributed by atoms with Gasteiger partial charge in [-0.15, -0.1) is 0 Å². The van der Waals surface area contributed by atoms with Gasteiger partial charge in [-0.1, -0.05) is 57.0 Å². The molecule has 2 rings (SSSR count). The summed E-state index contributed by atoms with van der Waals surface area (Å²) < 4.78 is 0. The molecular formula is C18H26O3. The van der Waals surface area contributed by atoms with Crippen LogP contribution in [0.25, 0.3) is 0 Å². The van der Waals surface area contributed by atoms with Crippen molar-refractivity contribution in [2.45, 2.75) is 57.5 Å². The van der Waals surface area contributed by atoms with Gasteiger partial charge in [-0.2, -0.15) is 0 Å². The second kappa shape index (κ2) is 5.80. The van der Waals surface area contributed by atoms with Gasteiger partial charge in [-0.25, -0.2) is 0 Å². The molecule has 1 fully saturated rings. The van der Waals surface area contributed by atoms with Crippen molar-refractivity contribution in [1.82, 2.24) is 0 Å². The first-order valence-electron chi connectivity index (χ1n) is 7.81. The van der Waals surface area contributed by atoms with Crippen LogP contribution in [-0.2, 0) is 10.2 Å². The van der Waals surface area contributed by atoms with Gasteiger partial charge < -0.3 is 10.2 Å². The van der Waals surface area contributed by atoms with Crippen molar-refractivity contribution >= 4 is 5.97 Å². The molecule has 0 aliphatic heterocycles. The zero-order valence-corrected chi connectivity index (χ0v) is 13.2. The largest absolute Gasteiger partial charge is 0.481 e. The number of rotatable bonds is 4. The Hall–Kier alpha value is -1.35. The van der Waals surface area contributed by atoms with E-state index in [4.69, 9.17) is 0 Å². The van der Waals surface area contributed by atoms with Crippen molar-refractivity contribution in [3.05, 3.63) is 35.9 Å². The zero-order valence-electron chi connectivity index (χ0n) is 13.2. The zero-order chi connectivity index (χ0) is 15.7. The van der Waals surface area contributed by atoms with Gasteiger partial charge in [0.2, 0.25) is 0 Å². The van der Waals surface area contributed by atoms with Crippen LogP contribution in [0.5, 0.6) is 0 Å². The first-order chi connectivity index (χ1) is 9.80. The van der Waals surface area contributed by atoms with Crippen molar-refractivity contribution in [1.29, 1.82) is 0 Å². The molecule has 116 valence electrons. The maximum atomic E-state index is 11.5. The molecule has 3 atom stereocenters. The molecule has 0 amide bonds. The van der Waals surface area contributed by atoms with Crippen LogP contribution in [0, 0.1) is 11.8 Å². The Morgan fingerprint density at radius 2 is 1.90 bits per heavy atom. The third-order valence-electron chi connectivity index (χ3n) is 5.43. The van der Waals surface area contributed by atoms with Crippen molar-refractivity contribution in [3.63, 3.8) is 0 Å². The van der Waals surface area contributed by atoms with Gasteiger partial charge in [0.15, 0.2) is 0 Å². The highest BCUT2D eigenvalue weighted by Gasteiger charge is 2.52. The number of carboxylic acid groups (broad SMARTS) is 1. The van der Waals surface area contributed by atoms with E-state index in [-0.39, 0.29) is 11.3 Å². The second-order valence-electron chi connectivity index (χ2n) is 6.94. The maximum absolute atomic E-state index is 11.5. The number of hydrogen-bond donors (Lipinski definition) is 2. The van der Waals surface area contributed by atoms with Crippen molar-refractivity contribution in [3.8, 4) is 0 Å². The number of carboxylic acids is 1. The second-order valence-corrected chi connectivity index (χ2v) is 6.94. The van der Waals surface area contributed by atoms with E-state index in [2.05, 4.69) is 26.0 Å². The molecule has 0 saturated heterocycles. The summed E-state index contributed by atoms with van der Waals surface area (Å²) in [6.07, 6.45) is 3.39. The molecular weight excluding hydrogens is 264 g/mol. The van der Waals surface area contributed by atoms with Crippen LogP contribution >= 0.6 is 0 Å². The van der Waals surface area contributed by atoms with E-state index in [1.54, 1.807) is 6.92 Å². The van der Waals surface area contributed by atoms with Crippen LogP contribution in [0.2, 0.25) is 0 Å². The molecule has 1 aliphatic rings. The van der Waals surface area contributed by atoms with Crippen LogP contribution in [0.4, 0.5) is 0 Å². The van der Waals surface area contributed by atoms with E-state index in [1.165, 1.54) is 0 Å². The summed E-state index contributed by atoms with van der Waals surface area (Å²) in [5.41, 5.74) is -0.225. The van der Waals surface area contributed by atoms with E-state index in [0.717, 1.165) is 24.8 Å². The summed E-state index contributed by atoms with van der Waals surface area (Å²) >= 11 is 0. The predicted molar refractivity (Wildman–Crippen MR) is 83.2 cm³/mol. The van der Waals surface area contributed by atoms with Crippen molar-refractivity contribution in [2.24, 2.45) is 11.8 Å². The summed E-state index contributed by atoms with van der Waals surface area (Å²) in [6.45, 7) is 5.89. The highest BCUT2D eigenvalue weighted by molar-refractivity contribution is 5.71. The Balaban J connectivity index is 2.41. The van der Waals surface area contributed by atoms with Crippen LogP contribution < -0.4 is 0 Å². The third kappa shape index (κ3) is 2.84. The lowest BCUT2D eigenvalue weighted by molar-refractivity contribution is -0.164. The monoisotopic (exact) mass is 290 g/mol. The average Bonchev–Trinajstić information content (AvgIpc) is 2.47. The molecule has 0 radical (unpaired) electrons. The van der Waals surface area contributed by atoms with E-state index in [9.17, 15) is 15.0 Å². The van der Waals surface area contributed by atoms with Crippen molar-refractivity contribution in [2.75, 3.05) is 0 Å². The molecule has 3 nitrogen and oxygen atoms in total. The van der Waals surface area contributed by atoms with Crippen LogP contribution in [0.1, 0.15) is 52.0 Å². The molecule has 3 heteroatoms. The van der Waals surface area contributed by atoms with Gasteiger partial charge in [0.25, 0.3) is 0 Å². The standard InChI is InChI=1S/C18H26O3/c1-13(16(19)20)18(21)12-8-7-11-15(18)17(2,3)14-9-5-4-6-10-14/h4-6,9-10,13,15,21H,7-8,11-12H2,1-3H3,(H,19,20)/t13?,15-,18-/m0/s1. The molecule has 1 aliphatic carbocycles. The van der Waals surface area contributed by atoms with E-state index >= 15 is 0 Å². The van der Waals surface area contributed by atoms with Gasteiger partial charge in [0.1, 0.15) is 0 Å². The Kier molecular flexibility index (Phi) is 4.43. The minimum atomic E-state index is -1.14. The predicted octanol–water partition coefficient (Wildman–Crippen LogP) is 3.61. The summed E-state index contributed by atoms with van der Waals surface area (Å²) in [5.74, 6) is -1.70. The summed E-state index contributed by atoms with van der Waals surface area (Å²) in [7, 11) is 0. The van der Waals surface area contributed by atoms with E-state index in [1.807, 2.05) is 18.2 Å². The Morgan fingerprint density at radius 3 is 2.48 bits per heavy atom. The molecule has 1 aromatic carbocycles. The molecule has 21 heavy (non-hydrogen) atoms. The Morgan fingerprint density at radius 1 is 1.29 bits per heavy atom. The molecule has 0 heterocycles. The lowest BCUT2D eigenvalue weighted by Crippen LogP contribution is -2.55. The van der Waals surface area contributed by atoms with E-state index < -0.39 is 17.5 Å². The van der Waals surface area contributed by atoms with Crippen LogP contribution in [0.15, 0.2) is 30.3 Å². The smallest absolute Gasteiger partial charge is 0.309 e. The molecule has 0 aromatic heterocycles. The topological polar surface area (TPSA) is 57.5 Å². The molecule has 0 spiro atoms. The molecule has 1 aromatic rings. The maximum Gasteiger partial charge on any atom is 0.309 e. The van der Waals surface area contributed by atoms with Gasteiger partial charge in [0.05, 0.1) is 11.5 Å². The number of aliphatic carboxylic acids is 1. The number of aliphatic hydroxyl groups is 1. The summed E-state index contributed by atoms with van der Waals surface area (Å²) in [5, 5.41) is 20.6. The molecule has 2 N–H and O–H groups in total. The van der Waals surface area contributed by atoms with Gasteiger partial charge in [0, 0.05) is 0 Å². The van der Waals surface area contributed by atoms with Gasteiger partial charge in [-0.05, 0) is 36.7 Å². The number of benzene rings is 1. The number of carbonyl (C=O) groups is 1. The average molecular weight is 290 g/mol. The first kappa shape index (κ1) is 16.0. The fourth-order valence-electron chi connectivity index (χ4n) is 3.97. The van der Waals surface area contributed by atoms with E-state index in [0.29, 0.717) is 6.42 Å². The SMILES string of the molecule is CC(C(=O)O)[C@@]1(O)CCCC[C@H]1C(C)(C)c1ccccc1. The molecule has 1 unspecified atom stereocenters. The van der Waals surface area contributed by atoms with Crippen molar-refractivity contribution < 1.29 is 15.0 Å². The van der Waals surface area contributed by atoms with Crippen LogP contribution in [0.3, 0.4) is 0 Å². The highest BCUT2D eigenvalue weighted by atomic mass is 16.4. The quantitative estimate of drug-likeness (QED) is 0.890. The Labute approximate surface area is 127 Å². The minimum absolute atomic E-state index is 0.0488. The summed E-state index contributed by atoms with van der Waals surface area (Å²) in [4.78, 5) is 11.5. The summed E-state index contributed by atoms with van der Waals surface area (Å²) in [6, 6.07) is 10.1. The van der Waals surface area contributed by atoms with Crippen LogP contribution in [-0.4, -0.2) is 21.8 Å². The molecule has 0 bridgehead atoms. The highest BCUT2D eigenvalue weighted by Crippen LogP contribution is 2.49. The Bertz CT molecular complexity index is 494. The van der Waals surface area contributed by atoms with Gasteiger partial charge >= 0.3 is 5.97 Å². The third-order valence-corrected chi connectivity index (χ3v) is 5.43. The number of hydrogen-bond acceptors (Lipinski definition) is 2. The van der Waals surface area contributed by atoms with Gasteiger partial charge in [-0.3, -0.25) is 4.79 Å². The lowest BCUT2D eigenvalue weighted by atomic mass is 9.57. The first-order valence-corrected chi connectivity index (χ1v) is 7.81. The lowest BCUT2D eigenvalue weighted by Gasteiger charge is -2.50. The fraction of sp³-hybridized carbons (Fsp3) is 0.611.